The minimum atomic E-state index is -0.721. The van der Waals surface area contributed by atoms with E-state index in [0.717, 1.165) is 5.56 Å². The highest BCUT2D eigenvalue weighted by Gasteiger charge is 2.41. The highest BCUT2D eigenvalue weighted by molar-refractivity contribution is 6.05. The first-order valence-corrected chi connectivity index (χ1v) is 8.59. The minimum absolute atomic E-state index is 0.214. The largest absolute Gasteiger partial charge is 0.503 e. The quantitative estimate of drug-likeness (QED) is 0.756. The van der Waals surface area contributed by atoms with Crippen LogP contribution >= 0.6 is 0 Å². The molecule has 5 heteroatoms. The maximum Gasteiger partial charge on any atom is 0.290 e. The minimum Gasteiger partial charge on any atom is -0.503 e. The number of carbonyl (C=O) groups excluding carboxylic acids is 1. The molecule has 0 aliphatic carbocycles. The summed E-state index contributed by atoms with van der Waals surface area (Å²) < 4.78 is 14.6. The number of rotatable bonds is 4. The predicted octanol–water partition coefficient (Wildman–Crippen LogP) is 4.27. The first kappa shape index (κ1) is 17.0. The van der Waals surface area contributed by atoms with E-state index in [0.29, 0.717) is 16.7 Å². The summed E-state index contributed by atoms with van der Waals surface area (Å²) in [4.78, 5) is 18.4. The molecule has 1 atom stereocenters. The van der Waals surface area contributed by atoms with Crippen molar-refractivity contribution in [1.82, 2.24) is 9.88 Å². The topological polar surface area (TPSA) is 53.4 Å². The number of hydrogen-bond acceptors (Lipinski definition) is 3. The summed E-state index contributed by atoms with van der Waals surface area (Å²) in [5, 5.41) is 10.6. The van der Waals surface area contributed by atoms with Crippen molar-refractivity contribution in [3.8, 4) is 0 Å². The molecule has 2 aromatic carbocycles. The van der Waals surface area contributed by atoms with Crippen LogP contribution in [0.1, 0.15) is 22.7 Å². The van der Waals surface area contributed by atoms with Gasteiger partial charge in [-0.1, -0.05) is 54.6 Å². The summed E-state index contributed by atoms with van der Waals surface area (Å²) in [5.74, 6) is -1.29. The summed E-state index contributed by atoms with van der Waals surface area (Å²) in [7, 11) is 0. The van der Waals surface area contributed by atoms with Gasteiger partial charge in [0.05, 0.1) is 6.04 Å². The lowest BCUT2D eigenvalue weighted by molar-refractivity contribution is -0.130. The third-order valence-corrected chi connectivity index (χ3v) is 4.66. The molecule has 27 heavy (non-hydrogen) atoms. The van der Waals surface area contributed by atoms with E-state index in [2.05, 4.69) is 4.98 Å². The molecule has 0 saturated carbocycles. The van der Waals surface area contributed by atoms with Crippen LogP contribution in [0.3, 0.4) is 0 Å². The van der Waals surface area contributed by atoms with Crippen LogP contribution in [0.2, 0.25) is 0 Å². The van der Waals surface area contributed by atoms with Crippen molar-refractivity contribution in [1.29, 1.82) is 0 Å². The number of aliphatic hydroxyl groups is 1. The van der Waals surface area contributed by atoms with Gasteiger partial charge in [-0.05, 0) is 23.3 Å². The summed E-state index contributed by atoms with van der Waals surface area (Å²) >= 11 is 0. The van der Waals surface area contributed by atoms with Gasteiger partial charge in [0.15, 0.2) is 5.76 Å². The van der Waals surface area contributed by atoms with Gasteiger partial charge in [-0.25, -0.2) is 4.39 Å². The second-order valence-electron chi connectivity index (χ2n) is 6.35. The van der Waals surface area contributed by atoms with Crippen molar-refractivity contribution in [3.63, 3.8) is 0 Å². The van der Waals surface area contributed by atoms with Crippen LogP contribution in [-0.4, -0.2) is 20.9 Å². The van der Waals surface area contributed by atoms with Crippen LogP contribution in [-0.2, 0) is 11.3 Å². The Morgan fingerprint density at radius 1 is 1.00 bits per heavy atom. The van der Waals surface area contributed by atoms with Crippen LogP contribution in [0.15, 0.2) is 84.9 Å². The molecule has 0 saturated heterocycles. The molecule has 1 N–H and O–H groups in total. The molecule has 1 aromatic heterocycles. The van der Waals surface area contributed by atoms with E-state index in [1.165, 1.54) is 11.0 Å². The number of halogens is 1. The van der Waals surface area contributed by atoms with Crippen molar-refractivity contribution in [3.05, 3.63) is 107 Å². The summed E-state index contributed by atoms with van der Waals surface area (Å²) in [6, 6.07) is 18.3. The molecule has 0 spiro atoms. The van der Waals surface area contributed by atoms with E-state index in [4.69, 9.17) is 0 Å². The second-order valence-corrected chi connectivity index (χ2v) is 6.35. The normalized spacial score (nSPS) is 16.9. The number of aromatic nitrogens is 1. The average Bonchev–Trinajstić information content (AvgIpc) is 2.95. The Morgan fingerprint density at radius 2 is 1.74 bits per heavy atom. The van der Waals surface area contributed by atoms with Gasteiger partial charge in [-0.3, -0.25) is 9.78 Å². The molecule has 0 bridgehead atoms. The lowest BCUT2D eigenvalue weighted by atomic mass is 9.93. The molecule has 0 unspecified atom stereocenters. The van der Waals surface area contributed by atoms with Gasteiger partial charge >= 0.3 is 0 Å². The van der Waals surface area contributed by atoms with E-state index >= 15 is 0 Å². The smallest absolute Gasteiger partial charge is 0.290 e. The summed E-state index contributed by atoms with van der Waals surface area (Å²) in [5.41, 5.74) is 2.24. The van der Waals surface area contributed by atoms with Gasteiger partial charge in [0.25, 0.3) is 5.91 Å². The van der Waals surface area contributed by atoms with Gasteiger partial charge in [0.1, 0.15) is 5.82 Å². The molecule has 4 rings (SSSR count). The average molecular weight is 360 g/mol. The second kappa shape index (κ2) is 7.03. The molecule has 0 radical (unpaired) electrons. The Hall–Kier alpha value is -3.47. The molecule has 0 fully saturated rings. The Balaban J connectivity index is 1.85. The zero-order valence-electron chi connectivity index (χ0n) is 14.4. The molecule has 2 heterocycles. The number of aliphatic hydroxyl groups excluding tert-OH is 1. The van der Waals surface area contributed by atoms with E-state index in [9.17, 15) is 14.3 Å². The van der Waals surface area contributed by atoms with E-state index in [1.54, 1.807) is 48.8 Å². The number of benzene rings is 2. The summed E-state index contributed by atoms with van der Waals surface area (Å²) in [6.07, 6.45) is 3.30. The van der Waals surface area contributed by atoms with Crippen molar-refractivity contribution < 1.29 is 14.3 Å². The molecule has 4 nitrogen and oxygen atoms in total. The van der Waals surface area contributed by atoms with Crippen LogP contribution in [0.25, 0.3) is 5.57 Å². The first-order chi connectivity index (χ1) is 13.2. The zero-order valence-corrected chi connectivity index (χ0v) is 14.4. The molecule has 3 aromatic rings. The number of nitrogens with zero attached hydrogens (tertiary/aromatic N) is 2. The van der Waals surface area contributed by atoms with Gasteiger partial charge in [-0.2, -0.15) is 0 Å². The van der Waals surface area contributed by atoms with Crippen LogP contribution in [0.5, 0.6) is 0 Å². The molecular formula is C22H17FN2O2. The SMILES string of the molecule is O=C1C(O)=C(c2ccccc2)[C@H](c2ccccc2F)N1Cc1cccnc1. The van der Waals surface area contributed by atoms with Gasteiger partial charge in [-0.15, -0.1) is 0 Å². The van der Waals surface area contributed by atoms with E-state index in [1.807, 2.05) is 24.3 Å². The molecule has 1 aliphatic rings. The van der Waals surface area contributed by atoms with E-state index in [-0.39, 0.29) is 12.3 Å². The maximum atomic E-state index is 14.6. The fraction of sp³-hybridized carbons (Fsp3) is 0.0909. The molecule has 1 aliphatic heterocycles. The first-order valence-electron chi connectivity index (χ1n) is 8.59. The lowest BCUT2D eigenvalue weighted by Crippen LogP contribution is -2.30. The van der Waals surface area contributed by atoms with Crippen molar-refractivity contribution in [2.45, 2.75) is 12.6 Å². The standard InChI is InChI=1S/C22H17FN2O2/c23-18-11-5-4-10-17(18)20-19(16-8-2-1-3-9-16)21(26)22(27)25(20)14-15-7-6-12-24-13-15/h1-13,20,26H,14H2/t20-/m0/s1. The lowest BCUT2D eigenvalue weighted by Gasteiger charge is -2.27. The number of pyridine rings is 1. The molecule has 1 amide bonds. The predicted molar refractivity (Wildman–Crippen MR) is 99.9 cm³/mol. The third-order valence-electron chi connectivity index (χ3n) is 4.66. The number of hydrogen-bond donors (Lipinski definition) is 1. The summed E-state index contributed by atoms with van der Waals surface area (Å²) in [6.45, 7) is 0.214. The Labute approximate surface area is 156 Å². The van der Waals surface area contributed by atoms with Crippen molar-refractivity contribution >= 4 is 11.5 Å². The maximum absolute atomic E-state index is 14.6. The van der Waals surface area contributed by atoms with Crippen molar-refractivity contribution in [2.24, 2.45) is 0 Å². The van der Waals surface area contributed by atoms with Gasteiger partial charge in [0, 0.05) is 30.1 Å². The zero-order chi connectivity index (χ0) is 18.8. The van der Waals surface area contributed by atoms with Crippen LogP contribution < -0.4 is 0 Å². The highest BCUT2D eigenvalue weighted by atomic mass is 19.1. The number of carbonyl (C=O) groups is 1. The third kappa shape index (κ3) is 3.08. The molecule has 134 valence electrons. The number of amides is 1. The fourth-order valence-corrected chi connectivity index (χ4v) is 3.44. The Kier molecular flexibility index (Phi) is 4.42. The fourth-order valence-electron chi connectivity index (χ4n) is 3.44. The van der Waals surface area contributed by atoms with Crippen LogP contribution in [0.4, 0.5) is 4.39 Å². The van der Waals surface area contributed by atoms with Gasteiger partial charge < -0.3 is 10.0 Å². The van der Waals surface area contributed by atoms with Gasteiger partial charge in [0.2, 0.25) is 0 Å². The van der Waals surface area contributed by atoms with E-state index < -0.39 is 17.8 Å². The Bertz CT molecular complexity index is 1000. The van der Waals surface area contributed by atoms with Crippen molar-refractivity contribution in [2.75, 3.05) is 0 Å². The molecular weight excluding hydrogens is 343 g/mol. The monoisotopic (exact) mass is 360 g/mol. The highest BCUT2D eigenvalue weighted by Crippen LogP contribution is 2.44. The Morgan fingerprint density at radius 3 is 2.44 bits per heavy atom. The van der Waals surface area contributed by atoms with Crippen LogP contribution in [0, 0.1) is 5.82 Å².